The van der Waals surface area contributed by atoms with E-state index in [2.05, 4.69) is 10.3 Å². The van der Waals surface area contributed by atoms with Crippen molar-refractivity contribution in [2.24, 2.45) is 0 Å². The second-order valence-electron chi connectivity index (χ2n) is 4.79. The molecule has 2 heterocycles. The molecular weight excluding hydrogens is 279 g/mol. The Morgan fingerprint density at radius 1 is 1.27 bits per heavy atom. The summed E-state index contributed by atoms with van der Waals surface area (Å²) >= 11 is 0. The third-order valence-electron chi connectivity index (χ3n) is 3.40. The molecule has 0 bridgehead atoms. The highest BCUT2D eigenvalue weighted by Crippen LogP contribution is 2.20. The molecular formula is C15H12B2FN3O. The van der Waals surface area contributed by atoms with E-state index in [-0.39, 0.29) is 0 Å². The summed E-state index contributed by atoms with van der Waals surface area (Å²) < 4.78 is 18.9. The first-order valence-corrected chi connectivity index (χ1v) is 6.67. The number of alkyl halides is 1. The van der Waals surface area contributed by atoms with Crippen molar-refractivity contribution in [2.45, 2.75) is 0 Å². The van der Waals surface area contributed by atoms with Crippen LogP contribution in [-0.2, 0) is 0 Å². The number of aromatic nitrogens is 2. The number of pyridine rings is 1. The molecule has 4 nitrogen and oxygen atoms in total. The van der Waals surface area contributed by atoms with Gasteiger partial charge in [-0.25, -0.2) is 9.37 Å². The van der Waals surface area contributed by atoms with Crippen molar-refractivity contribution < 1.29 is 9.13 Å². The van der Waals surface area contributed by atoms with Crippen LogP contribution in [0.25, 0.3) is 16.9 Å². The van der Waals surface area contributed by atoms with Gasteiger partial charge >= 0.3 is 0 Å². The Bertz CT molecular complexity index is 812. The molecule has 3 aromatic rings. The summed E-state index contributed by atoms with van der Waals surface area (Å²) in [6.07, 6.45) is 3.73. The molecule has 0 amide bonds. The van der Waals surface area contributed by atoms with Crippen LogP contribution in [0.3, 0.4) is 0 Å². The van der Waals surface area contributed by atoms with Crippen LogP contribution in [-0.4, -0.2) is 39.0 Å². The molecule has 0 atom stereocenters. The Hall–Kier alpha value is -2.43. The minimum absolute atomic E-state index is 0.294. The quantitative estimate of drug-likeness (QED) is 0.727. The number of anilines is 1. The standard InChI is InChI=1S/C15H12B2FN3O/c1-19-9-2-3-21-7-13(20-14(21)4-9)15-11(16)5-10(22-8-18)6-12(15)17/h2-7,19H,8H2,1H3. The smallest absolute Gasteiger partial charge is 0.228 e. The van der Waals surface area contributed by atoms with Gasteiger partial charge in [0.25, 0.3) is 0 Å². The second kappa shape index (κ2) is 5.75. The van der Waals surface area contributed by atoms with Crippen LogP contribution in [0.2, 0.25) is 0 Å². The number of hydrogen-bond donors (Lipinski definition) is 1. The molecule has 22 heavy (non-hydrogen) atoms. The average Bonchev–Trinajstić information content (AvgIpc) is 2.89. The van der Waals surface area contributed by atoms with Gasteiger partial charge in [0.2, 0.25) is 6.86 Å². The predicted molar refractivity (Wildman–Crippen MR) is 87.6 cm³/mol. The van der Waals surface area contributed by atoms with Gasteiger partial charge in [-0.1, -0.05) is 10.9 Å². The molecule has 0 spiro atoms. The lowest BCUT2D eigenvalue weighted by Crippen LogP contribution is -2.20. The number of benzene rings is 1. The molecule has 1 N–H and O–H groups in total. The van der Waals surface area contributed by atoms with E-state index in [1.54, 1.807) is 0 Å². The first-order chi connectivity index (χ1) is 10.6. The topological polar surface area (TPSA) is 38.6 Å². The molecule has 2 aromatic heterocycles. The van der Waals surface area contributed by atoms with E-state index in [0.717, 1.165) is 11.3 Å². The SMILES string of the molecule is [B]c1cc(OCF)cc([B])c1-c1cn2ccc(NC)cc2n1. The predicted octanol–water partition coefficient (Wildman–Crippen LogP) is 0.936. The van der Waals surface area contributed by atoms with Crippen molar-refractivity contribution in [3.63, 3.8) is 0 Å². The van der Waals surface area contributed by atoms with Crippen molar-refractivity contribution in [3.05, 3.63) is 36.7 Å². The van der Waals surface area contributed by atoms with E-state index >= 15 is 0 Å². The molecule has 3 rings (SSSR count). The Balaban J connectivity index is 2.10. The van der Waals surface area contributed by atoms with Crippen molar-refractivity contribution in [2.75, 3.05) is 19.2 Å². The summed E-state index contributed by atoms with van der Waals surface area (Å²) in [5.74, 6) is 0.294. The lowest BCUT2D eigenvalue weighted by Gasteiger charge is -2.11. The maximum atomic E-state index is 12.3. The molecule has 1 aromatic carbocycles. The van der Waals surface area contributed by atoms with E-state index < -0.39 is 6.86 Å². The number of halogens is 1. The summed E-state index contributed by atoms with van der Waals surface area (Å²) in [6.45, 7) is -0.931. The first kappa shape index (κ1) is 14.5. The second-order valence-corrected chi connectivity index (χ2v) is 4.79. The summed E-state index contributed by atoms with van der Waals surface area (Å²) in [7, 11) is 13.9. The zero-order valence-corrected chi connectivity index (χ0v) is 12.0. The summed E-state index contributed by atoms with van der Waals surface area (Å²) in [4.78, 5) is 4.54. The molecule has 0 aliphatic rings. The maximum Gasteiger partial charge on any atom is 0.228 e. The highest BCUT2D eigenvalue weighted by Gasteiger charge is 2.11. The Morgan fingerprint density at radius 3 is 2.64 bits per heavy atom. The number of nitrogens with zero attached hydrogens (tertiary/aromatic N) is 2. The number of nitrogens with one attached hydrogen (secondary N) is 1. The fourth-order valence-corrected chi connectivity index (χ4v) is 2.36. The lowest BCUT2D eigenvalue weighted by molar-refractivity contribution is 0.192. The van der Waals surface area contributed by atoms with E-state index in [9.17, 15) is 4.39 Å². The number of fused-ring (bicyclic) bond motifs is 1. The van der Waals surface area contributed by atoms with Crippen molar-refractivity contribution >= 4 is 38.0 Å². The Labute approximate surface area is 130 Å². The average molecular weight is 291 g/mol. The maximum absolute atomic E-state index is 12.3. The fourth-order valence-electron chi connectivity index (χ4n) is 2.36. The highest BCUT2D eigenvalue weighted by molar-refractivity contribution is 6.44. The van der Waals surface area contributed by atoms with Gasteiger partial charge in [0, 0.05) is 31.2 Å². The van der Waals surface area contributed by atoms with Gasteiger partial charge < -0.3 is 14.5 Å². The third-order valence-corrected chi connectivity index (χ3v) is 3.40. The minimum atomic E-state index is -0.931. The van der Waals surface area contributed by atoms with Gasteiger partial charge in [0.05, 0.1) is 5.69 Å². The molecule has 0 saturated heterocycles. The van der Waals surface area contributed by atoms with Gasteiger partial charge in [-0.15, -0.1) is 0 Å². The van der Waals surface area contributed by atoms with Crippen LogP contribution in [0.1, 0.15) is 0 Å². The molecule has 106 valence electrons. The summed E-state index contributed by atoms with van der Waals surface area (Å²) in [6, 6.07) is 6.92. The van der Waals surface area contributed by atoms with Crippen LogP contribution in [0.5, 0.6) is 5.75 Å². The minimum Gasteiger partial charge on any atom is -0.463 e. The lowest BCUT2D eigenvalue weighted by atomic mass is 9.79. The van der Waals surface area contributed by atoms with Gasteiger partial charge in [-0.3, -0.25) is 0 Å². The number of hydrogen-bond acceptors (Lipinski definition) is 3. The summed E-state index contributed by atoms with van der Waals surface area (Å²) in [5, 5.41) is 3.06. The zero-order chi connectivity index (χ0) is 15.7. The van der Waals surface area contributed by atoms with Crippen LogP contribution >= 0.6 is 0 Å². The zero-order valence-electron chi connectivity index (χ0n) is 12.0. The Morgan fingerprint density at radius 2 is 2.00 bits per heavy atom. The van der Waals surface area contributed by atoms with Crippen LogP contribution in [0, 0.1) is 0 Å². The summed E-state index contributed by atoms with van der Waals surface area (Å²) in [5.41, 5.74) is 3.76. The van der Waals surface area contributed by atoms with Gasteiger partial charge in [-0.05, 0) is 23.8 Å². The largest absolute Gasteiger partial charge is 0.463 e. The van der Waals surface area contributed by atoms with E-state index in [1.807, 2.05) is 36.0 Å². The Kier molecular flexibility index (Phi) is 3.79. The van der Waals surface area contributed by atoms with Crippen molar-refractivity contribution in [3.8, 4) is 17.0 Å². The van der Waals surface area contributed by atoms with Gasteiger partial charge in [-0.2, -0.15) is 0 Å². The molecule has 0 fully saturated rings. The van der Waals surface area contributed by atoms with Gasteiger partial charge in [0.1, 0.15) is 27.1 Å². The van der Waals surface area contributed by atoms with Crippen molar-refractivity contribution in [1.82, 2.24) is 9.38 Å². The first-order valence-electron chi connectivity index (χ1n) is 6.67. The molecule has 4 radical (unpaired) electrons. The molecule has 0 saturated carbocycles. The monoisotopic (exact) mass is 291 g/mol. The van der Waals surface area contributed by atoms with Crippen molar-refractivity contribution in [1.29, 1.82) is 0 Å². The highest BCUT2D eigenvalue weighted by atomic mass is 19.1. The fraction of sp³-hybridized carbons (Fsp3) is 0.133. The third kappa shape index (κ3) is 2.54. The number of ether oxygens (including phenoxy) is 1. The van der Waals surface area contributed by atoms with E-state index in [1.165, 1.54) is 12.1 Å². The molecule has 7 heteroatoms. The normalized spacial score (nSPS) is 10.8. The molecule has 0 aliphatic heterocycles. The van der Waals surface area contributed by atoms with Crippen LogP contribution in [0.4, 0.5) is 10.1 Å². The van der Waals surface area contributed by atoms with Gasteiger partial charge in [0.15, 0.2) is 0 Å². The van der Waals surface area contributed by atoms with E-state index in [0.29, 0.717) is 27.9 Å². The van der Waals surface area contributed by atoms with E-state index in [4.69, 9.17) is 20.4 Å². The van der Waals surface area contributed by atoms with Crippen LogP contribution < -0.4 is 21.0 Å². The van der Waals surface area contributed by atoms with Crippen LogP contribution in [0.15, 0.2) is 36.7 Å². The molecule has 0 aliphatic carbocycles. The molecule has 0 unspecified atom stereocenters. The number of imidazole rings is 1. The number of rotatable bonds is 4.